The molecule has 2 aromatic carbocycles. The van der Waals surface area contributed by atoms with Crippen molar-refractivity contribution in [3.63, 3.8) is 0 Å². The molecule has 0 bridgehead atoms. The number of carbonyl (C=O) groups excluding carboxylic acids is 4. The molecule has 9 nitrogen and oxygen atoms in total. The molecule has 0 unspecified atom stereocenters. The molecule has 9 heteroatoms. The molecule has 0 N–H and O–H groups in total. The number of fused-ring (bicyclic) bond motifs is 1. The highest BCUT2D eigenvalue weighted by Crippen LogP contribution is 2.29. The summed E-state index contributed by atoms with van der Waals surface area (Å²) in [5.74, 6) is 0.110. The first-order chi connectivity index (χ1) is 16.7. The number of rotatable bonds is 6. The number of methoxy groups -OCH3 is 2. The van der Waals surface area contributed by atoms with E-state index in [0.29, 0.717) is 60.9 Å². The second-order valence-corrected chi connectivity index (χ2v) is 9.03. The standard InChI is InChI=1S/C26H29N3O6/c1-16(2)15-29-25(32)19-7-5-17(13-20(19)26(29)33)23(30)27-9-11-28(12-10-27)24(31)18-6-8-21(34-3)22(14-18)35-4/h5-8,13-14,16H,9-12,15H2,1-4H3. The van der Waals surface area contributed by atoms with E-state index in [4.69, 9.17) is 9.47 Å². The lowest BCUT2D eigenvalue weighted by Gasteiger charge is -2.35. The third-order valence-electron chi connectivity index (χ3n) is 6.25. The fourth-order valence-corrected chi connectivity index (χ4v) is 4.40. The van der Waals surface area contributed by atoms with E-state index >= 15 is 0 Å². The van der Waals surface area contributed by atoms with Crippen molar-refractivity contribution in [3.05, 3.63) is 58.7 Å². The van der Waals surface area contributed by atoms with Crippen LogP contribution in [0.15, 0.2) is 36.4 Å². The first kappa shape index (κ1) is 24.3. The second-order valence-electron chi connectivity index (χ2n) is 9.03. The molecule has 0 spiro atoms. The van der Waals surface area contributed by atoms with Gasteiger partial charge in [-0.1, -0.05) is 13.8 Å². The number of carbonyl (C=O) groups is 4. The largest absolute Gasteiger partial charge is 0.493 e. The average Bonchev–Trinajstić information content (AvgIpc) is 3.11. The summed E-state index contributed by atoms with van der Waals surface area (Å²) in [4.78, 5) is 56.0. The Bertz CT molecular complexity index is 1180. The van der Waals surface area contributed by atoms with Gasteiger partial charge in [-0.2, -0.15) is 0 Å². The molecule has 2 aliphatic rings. The van der Waals surface area contributed by atoms with E-state index in [1.807, 2.05) is 13.8 Å². The lowest BCUT2D eigenvalue weighted by Crippen LogP contribution is -2.50. The Balaban J connectivity index is 1.42. The summed E-state index contributed by atoms with van der Waals surface area (Å²) in [5, 5.41) is 0. The predicted molar refractivity (Wildman–Crippen MR) is 128 cm³/mol. The number of benzene rings is 2. The summed E-state index contributed by atoms with van der Waals surface area (Å²) in [6, 6.07) is 9.68. The molecule has 2 aromatic rings. The first-order valence-corrected chi connectivity index (χ1v) is 11.6. The number of piperazine rings is 1. The van der Waals surface area contributed by atoms with E-state index < -0.39 is 0 Å². The Hall–Kier alpha value is -3.88. The van der Waals surface area contributed by atoms with Gasteiger partial charge in [-0.25, -0.2) is 0 Å². The van der Waals surface area contributed by atoms with Gasteiger partial charge in [-0.15, -0.1) is 0 Å². The van der Waals surface area contributed by atoms with Gasteiger partial charge in [0, 0.05) is 43.9 Å². The van der Waals surface area contributed by atoms with Crippen molar-refractivity contribution in [1.29, 1.82) is 0 Å². The molecule has 2 heterocycles. The van der Waals surface area contributed by atoms with Gasteiger partial charge >= 0.3 is 0 Å². The maximum atomic E-state index is 13.1. The summed E-state index contributed by atoms with van der Waals surface area (Å²) in [5.41, 5.74) is 1.44. The number of imide groups is 1. The first-order valence-electron chi connectivity index (χ1n) is 11.6. The third-order valence-corrected chi connectivity index (χ3v) is 6.25. The van der Waals surface area contributed by atoms with Crippen LogP contribution in [0, 0.1) is 5.92 Å². The molecule has 184 valence electrons. The SMILES string of the molecule is COc1ccc(C(=O)N2CCN(C(=O)c3ccc4c(c3)C(=O)N(CC(C)C)C4=O)CC2)cc1OC. The van der Waals surface area contributed by atoms with Crippen LogP contribution in [0.5, 0.6) is 11.5 Å². The number of hydrogen-bond donors (Lipinski definition) is 0. The van der Waals surface area contributed by atoms with E-state index in [1.54, 1.807) is 40.1 Å². The number of hydrogen-bond acceptors (Lipinski definition) is 6. The number of nitrogens with zero attached hydrogens (tertiary/aromatic N) is 3. The zero-order valence-corrected chi connectivity index (χ0v) is 20.4. The van der Waals surface area contributed by atoms with Crippen molar-refractivity contribution >= 4 is 23.6 Å². The molecule has 1 saturated heterocycles. The normalized spacial score (nSPS) is 15.5. The van der Waals surface area contributed by atoms with Gasteiger partial charge in [0.1, 0.15) is 0 Å². The van der Waals surface area contributed by atoms with Crippen LogP contribution in [0.2, 0.25) is 0 Å². The van der Waals surface area contributed by atoms with Crippen molar-refractivity contribution in [1.82, 2.24) is 14.7 Å². The van der Waals surface area contributed by atoms with Gasteiger partial charge < -0.3 is 19.3 Å². The second kappa shape index (κ2) is 9.77. The lowest BCUT2D eigenvalue weighted by molar-refractivity contribution is 0.0535. The van der Waals surface area contributed by atoms with Crippen LogP contribution in [-0.4, -0.2) is 85.3 Å². The molecule has 4 amide bonds. The van der Waals surface area contributed by atoms with Gasteiger partial charge in [-0.05, 0) is 42.3 Å². The Kier molecular flexibility index (Phi) is 6.77. The van der Waals surface area contributed by atoms with Crippen LogP contribution >= 0.6 is 0 Å². The van der Waals surface area contributed by atoms with Gasteiger partial charge in [0.15, 0.2) is 11.5 Å². The quantitative estimate of drug-likeness (QED) is 0.591. The van der Waals surface area contributed by atoms with Gasteiger partial charge in [0.05, 0.1) is 25.3 Å². The minimum atomic E-state index is -0.362. The van der Waals surface area contributed by atoms with Crippen LogP contribution in [-0.2, 0) is 0 Å². The van der Waals surface area contributed by atoms with Gasteiger partial charge in [0.25, 0.3) is 23.6 Å². The van der Waals surface area contributed by atoms with E-state index in [0.717, 1.165) is 0 Å². The number of ether oxygens (including phenoxy) is 2. The molecule has 0 atom stereocenters. The van der Waals surface area contributed by atoms with Crippen molar-refractivity contribution in [2.45, 2.75) is 13.8 Å². The Morgan fingerprint density at radius 1 is 0.771 bits per heavy atom. The lowest BCUT2D eigenvalue weighted by atomic mass is 10.0. The molecular weight excluding hydrogens is 450 g/mol. The minimum Gasteiger partial charge on any atom is -0.493 e. The zero-order valence-electron chi connectivity index (χ0n) is 20.4. The predicted octanol–water partition coefficient (Wildman–Crippen LogP) is 2.55. The summed E-state index contributed by atoms with van der Waals surface area (Å²) in [6.45, 7) is 5.70. The van der Waals surface area contributed by atoms with Crippen LogP contribution in [0.25, 0.3) is 0 Å². The van der Waals surface area contributed by atoms with Crippen molar-refractivity contribution in [3.8, 4) is 11.5 Å². The van der Waals surface area contributed by atoms with Crippen molar-refractivity contribution in [2.24, 2.45) is 5.92 Å². The maximum Gasteiger partial charge on any atom is 0.261 e. The maximum absolute atomic E-state index is 13.1. The summed E-state index contributed by atoms with van der Waals surface area (Å²) in [6.07, 6.45) is 0. The van der Waals surface area contributed by atoms with Crippen LogP contribution in [0.4, 0.5) is 0 Å². The van der Waals surface area contributed by atoms with Crippen molar-refractivity contribution < 1.29 is 28.7 Å². The molecule has 0 radical (unpaired) electrons. The Morgan fingerprint density at radius 3 is 1.83 bits per heavy atom. The fraction of sp³-hybridized carbons (Fsp3) is 0.385. The summed E-state index contributed by atoms with van der Waals surface area (Å²) < 4.78 is 10.5. The number of amides is 4. The Labute approximate surface area is 204 Å². The molecule has 1 fully saturated rings. The van der Waals surface area contributed by atoms with Crippen molar-refractivity contribution in [2.75, 3.05) is 46.9 Å². The highest BCUT2D eigenvalue weighted by molar-refractivity contribution is 6.22. The zero-order chi connectivity index (χ0) is 25.3. The van der Waals surface area contributed by atoms with Gasteiger partial charge in [0.2, 0.25) is 0 Å². The summed E-state index contributed by atoms with van der Waals surface area (Å²) >= 11 is 0. The molecule has 35 heavy (non-hydrogen) atoms. The topological polar surface area (TPSA) is 96.5 Å². The molecule has 2 aliphatic heterocycles. The van der Waals surface area contributed by atoms with E-state index in [9.17, 15) is 19.2 Å². The van der Waals surface area contributed by atoms with Gasteiger partial charge in [-0.3, -0.25) is 24.1 Å². The van der Waals surface area contributed by atoms with E-state index in [1.165, 1.54) is 25.2 Å². The summed E-state index contributed by atoms with van der Waals surface area (Å²) in [7, 11) is 3.05. The Morgan fingerprint density at radius 2 is 1.29 bits per heavy atom. The molecule has 4 rings (SSSR count). The highest BCUT2D eigenvalue weighted by Gasteiger charge is 2.36. The molecule has 0 aromatic heterocycles. The molecule has 0 aliphatic carbocycles. The van der Waals surface area contributed by atoms with E-state index in [-0.39, 0.29) is 35.1 Å². The van der Waals surface area contributed by atoms with Crippen LogP contribution < -0.4 is 9.47 Å². The monoisotopic (exact) mass is 479 g/mol. The average molecular weight is 480 g/mol. The molecular formula is C26H29N3O6. The van der Waals surface area contributed by atoms with Crippen LogP contribution in [0.1, 0.15) is 55.3 Å². The smallest absolute Gasteiger partial charge is 0.261 e. The molecule has 0 saturated carbocycles. The van der Waals surface area contributed by atoms with Crippen LogP contribution in [0.3, 0.4) is 0 Å². The van der Waals surface area contributed by atoms with E-state index in [2.05, 4.69) is 0 Å². The third kappa shape index (κ3) is 4.58. The fourth-order valence-electron chi connectivity index (χ4n) is 4.40. The highest BCUT2D eigenvalue weighted by atomic mass is 16.5. The minimum absolute atomic E-state index is 0.148.